The monoisotopic (exact) mass is 368 g/mol. The maximum Gasteiger partial charge on any atom is 0.254 e. The molecule has 0 atom stereocenters. The van der Waals surface area contributed by atoms with Crippen molar-refractivity contribution >= 4 is 17.5 Å². The Morgan fingerprint density at radius 3 is 2.41 bits per heavy atom. The fourth-order valence-corrected chi connectivity index (χ4v) is 3.50. The van der Waals surface area contributed by atoms with Gasteiger partial charge in [0.25, 0.3) is 5.91 Å². The molecule has 2 aromatic carbocycles. The lowest BCUT2D eigenvalue weighted by Gasteiger charge is -2.32. The van der Waals surface area contributed by atoms with Gasteiger partial charge in [0.2, 0.25) is 5.91 Å². The molecule has 2 aromatic rings. The minimum absolute atomic E-state index is 0.0555. The molecule has 27 heavy (non-hydrogen) atoms. The second kappa shape index (κ2) is 8.80. The molecule has 0 saturated carbocycles. The van der Waals surface area contributed by atoms with E-state index >= 15 is 0 Å². The highest BCUT2D eigenvalue weighted by Crippen LogP contribution is 2.24. The van der Waals surface area contributed by atoms with Crippen LogP contribution in [0.25, 0.3) is 0 Å². The van der Waals surface area contributed by atoms with Gasteiger partial charge in [-0.2, -0.15) is 0 Å². The average Bonchev–Trinajstić information content (AvgIpc) is 2.68. The number of rotatable bonds is 5. The predicted octanol–water partition coefficient (Wildman–Crippen LogP) is 4.41. The van der Waals surface area contributed by atoms with Gasteiger partial charge in [0.1, 0.15) is 5.82 Å². The van der Waals surface area contributed by atoms with Gasteiger partial charge in [-0.3, -0.25) is 9.59 Å². The average molecular weight is 368 g/mol. The fraction of sp³-hybridized carbons (Fsp3) is 0.364. The standard InChI is InChI=1S/C22H25FN2O2/c1-16-4-2-3-5-20(16)22(27)25-14-12-17(13-15-25)6-11-21(26)24-19-9-7-18(23)8-10-19/h2-5,7-10,17H,6,11-15H2,1H3,(H,24,26). The summed E-state index contributed by atoms with van der Waals surface area (Å²) in [6.07, 6.45) is 3.08. The van der Waals surface area contributed by atoms with Gasteiger partial charge < -0.3 is 10.2 Å². The maximum absolute atomic E-state index is 12.9. The first-order chi connectivity index (χ1) is 13.0. The summed E-state index contributed by atoms with van der Waals surface area (Å²) in [6.45, 7) is 3.43. The number of benzene rings is 2. The highest BCUT2D eigenvalue weighted by atomic mass is 19.1. The molecule has 1 fully saturated rings. The van der Waals surface area contributed by atoms with E-state index in [1.165, 1.54) is 12.1 Å². The molecule has 1 aliphatic heterocycles. The number of piperidine rings is 1. The Balaban J connectivity index is 1.43. The van der Waals surface area contributed by atoms with Crippen LogP contribution >= 0.6 is 0 Å². The van der Waals surface area contributed by atoms with Gasteiger partial charge in [-0.15, -0.1) is 0 Å². The van der Waals surface area contributed by atoms with Crippen LogP contribution in [0.4, 0.5) is 10.1 Å². The molecule has 142 valence electrons. The van der Waals surface area contributed by atoms with Crippen molar-refractivity contribution < 1.29 is 14.0 Å². The van der Waals surface area contributed by atoms with Crippen molar-refractivity contribution in [3.8, 4) is 0 Å². The summed E-state index contributed by atoms with van der Waals surface area (Å²) in [5.41, 5.74) is 2.39. The first kappa shape index (κ1) is 19.1. The lowest BCUT2D eigenvalue weighted by Crippen LogP contribution is -2.38. The van der Waals surface area contributed by atoms with Crippen LogP contribution in [0.2, 0.25) is 0 Å². The lowest BCUT2D eigenvalue weighted by molar-refractivity contribution is -0.116. The van der Waals surface area contributed by atoms with E-state index in [1.54, 1.807) is 12.1 Å². The fourth-order valence-electron chi connectivity index (χ4n) is 3.50. The van der Waals surface area contributed by atoms with Gasteiger partial charge in [0, 0.05) is 30.8 Å². The number of nitrogens with zero attached hydrogens (tertiary/aromatic N) is 1. The summed E-state index contributed by atoms with van der Waals surface area (Å²) in [5, 5.41) is 2.79. The molecule has 1 aliphatic rings. The summed E-state index contributed by atoms with van der Waals surface area (Å²) in [7, 11) is 0. The van der Waals surface area contributed by atoms with Crippen molar-refractivity contribution in [1.82, 2.24) is 4.90 Å². The molecule has 1 saturated heterocycles. The normalized spacial score (nSPS) is 14.8. The van der Waals surface area contributed by atoms with Gasteiger partial charge >= 0.3 is 0 Å². The Hall–Kier alpha value is -2.69. The number of hydrogen-bond donors (Lipinski definition) is 1. The van der Waals surface area contributed by atoms with Gasteiger partial charge in [-0.1, -0.05) is 18.2 Å². The lowest BCUT2D eigenvalue weighted by atomic mass is 9.91. The number of amides is 2. The number of carbonyl (C=O) groups is 2. The van der Waals surface area contributed by atoms with E-state index in [2.05, 4.69) is 5.32 Å². The number of halogens is 1. The van der Waals surface area contributed by atoms with Crippen LogP contribution < -0.4 is 5.32 Å². The number of likely N-dealkylation sites (tertiary alicyclic amines) is 1. The minimum atomic E-state index is -0.319. The largest absolute Gasteiger partial charge is 0.339 e. The molecule has 1 heterocycles. The Labute approximate surface area is 159 Å². The quantitative estimate of drug-likeness (QED) is 0.850. The maximum atomic E-state index is 12.9. The van der Waals surface area contributed by atoms with Crippen LogP contribution in [-0.2, 0) is 4.79 Å². The number of hydrogen-bond acceptors (Lipinski definition) is 2. The molecule has 0 bridgehead atoms. The van der Waals surface area contributed by atoms with E-state index in [0.29, 0.717) is 18.0 Å². The number of anilines is 1. The summed E-state index contributed by atoms with van der Waals surface area (Å²) >= 11 is 0. The molecule has 4 nitrogen and oxygen atoms in total. The number of carbonyl (C=O) groups excluding carboxylic acids is 2. The van der Waals surface area contributed by atoms with E-state index in [0.717, 1.165) is 43.5 Å². The minimum Gasteiger partial charge on any atom is -0.339 e. The van der Waals surface area contributed by atoms with Crippen LogP contribution in [0, 0.1) is 18.7 Å². The molecule has 0 unspecified atom stereocenters. The zero-order valence-electron chi connectivity index (χ0n) is 15.6. The first-order valence-corrected chi connectivity index (χ1v) is 9.43. The molecular formula is C22H25FN2O2. The molecule has 0 radical (unpaired) electrons. The molecular weight excluding hydrogens is 343 g/mol. The third-order valence-electron chi connectivity index (χ3n) is 5.18. The van der Waals surface area contributed by atoms with Crippen LogP contribution in [0.3, 0.4) is 0 Å². The summed E-state index contributed by atoms with van der Waals surface area (Å²) in [4.78, 5) is 26.6. The Morgan fingerprint density at radius 1 is 1.07 bits per heavy atom. The molecule has 3 rings (SSSR count). The topological polar surface area (TPSA) is 49.4 Å². The Morgan fingerprint density at radius 2 is 1.74 bits per heavy atom. The molecule has 5 heteroatoms. The number of nitrogens with one attached hydrogen (secondary N) is 1. The van der Waals surface area contributed by atoms with E-state index in [-0.39, 0.29) is 17.6 Å². The van der Waals surface area contributed by atoms with Crippen molar-refractivity contribution in [2.24, 2.45) is 5.92 Å². The second-order valence-corrected chi connectivity index (χ2v) is 7.14. The van der Waals surface area contributed by atoms with Gasteiger partial charge in [-0.25, -0.2) is 4.39 Å². The van der Waals surface area contributed by atoms with Gasteiger partial charge in [-0.05, 0) is 68.0 Å². The molecule has 2 amide bonds. The van der Waals surface area contributed by atoms with Gasteiger partial charge in [0.05, 0.1) is 0 Å². The number of aryl methyl sites for hydroxylation is 1. The highest BCUT2D eigenvalue weighted by molar-refractivity contribution is 5.95. The van der Waals surface area contributed by atoms with E-state index in [4.69, 9.17) is 0 Å². The van der Waals surface area contributed by atoms with Crippen LogP contribution in [0.1, 0.15) is 41.6 Å². The van der Waals surface area contributed by atoms with Crippen LogP contribution in [-0.4, -0.2) is 29.8 Å². The summed E-state index contributed by atoms with van der Waals surface area (Å²) in [5.74, 6) is 0.172. The Bertz CT molecular complexity index is 796. The highest BCUT2D eigenvalue weighted by Gasteiger charge is 2.24. The van der Waals surface area contributed by atoms with Crippen molar-refractivity contribution in [3.63, 3.8) is 0 Å². The Kier molecular flexibility index (Phi) is 6.22. The predicted molar refractivity (Wildman–Crippen MR) is 104 cm³/mol. The van der Waals surface area contributed by atoms with Crippen LogP contribution in [0.5, 0.6) is 0 Å². The third kappa shape index (κ3) is 5.16. The van der Waals surface area contributed by atoms with Crippen molar-refractivity contribution in [2.75, 3.05) is 18.4 Å². The molecule has 1 N–H and O–H groups in total. The van der Waals surface area contributed by atoms with E-state index < -0.39 is 0 Å². The zero-order valence-corrected chi connectivity index (χ0v) is 15.6. The molecule has 0 aliphatic carbocycles. The smallest absolute Gasteiger partial charge is 0.254 e. The van der Waals surface area contributed by atoms with Crippen molar-refractivity contribution in [3.05, 3.63) is 65.5 Å². The first-order valence-electron chi connectivity index (χ1n) is 9.43. The van der Waals surface area contributed by atoms with Crippen LogP contribution in [0.15, 0.2) is 48.5 Å². The van der Waals surface area contributed by atoms with Gasteiger partial charge in [0.15, 0.2) is 0 Å². The van der Waals surface area contributed by atoms with Crippen molar-refractivity contribution in [1.29, 1.82) is 0 Å². The molecule has 0 aromatic heterocycles. The second-order valence-electron chi connectivity index (χ2n) is 7.14. The van der Waals surface area contributed by atoms with E-state index in [9.17, 15) is 14.0 Å². The summed E-state index contributed by atoms with van der Waals surface area (Å²) < 4.78 is 12.9. The van der Waals surface area contributed by atoms with E-state index in [1.807, 2.05) is 36.1 Å². The summed E-state index contributed by atoms with van der Waals surface area (Å²) in [6, 6.07) is 13.4. The third-order valence-corrected chi connectivity index (χ3v) is 5.18. The van der Waals surface area contributed by atoms with Crippen molar-refractivity contribution in [2.45, 2.75) is 32.6 Å². The zero-order chi connectivity index (χ0) is 19.2. The molecule has 0 spiro atoms. The SMILES string of the molecule is Cc1ccccc1C(=O)N1CCC(CCC(=O)Nc2ccc(F)cc2)CC1.